The monoisotopic (exact) mass is 164 g/mol. The molecule has 0 heterocycles. The highest BCUT2D eigenvalue weighted by Crippen LogP contribution is 2.35. The highest BCUT2D eigenvalue weighted by molar-refractivity contribution is 5.83. The zero-order chi connectivity index (χ0) is 8.39. The van der Waals surface area contributed by atoms with Crippen molar-refractivity contribution < 1.29 is 4.79 Å². The molecule has 0 amide bonds. The lowest BCUT2D eigenvalue weighted by atomic mass is 9.76. The molecule has 0 spiro atoms. The maximum absolute atomic E-state index is 11.6. The average Bonchev–Trinajstić information content (AvgIpc) is 2.29. The number of allylic oxidation sites excluding steroid dienone is 2. The molecule has 2 rings (SSSR count). The highest BCUT2D eigenvalue weighted by Gasteiger charge is 2.30. The summed E-state index contributed by atoms with van der Waals surface area (Å²) < 4.78 is 0. The lowest BCUT2D eigenvalue weighted by molar-refractivity contribution is -0.124. The topological polar surface area (TPSA) is 17.1 Å². The van der Waals surface area contributed by atoms with E-state index < -0.39 is 0 Å². The van der Waals surface area contributed by atoms with Crippen LogP contribution in [0.3, 0.4) is 0 Å². The third-order valence-corrected chi connectivity index (χ3v) is 3.25. The maximum Gasteiger partial charge on any atom is 0.140 e. The van der Waals surface area contributed by atoms with Gasteiger partial charge in [-0.05, 0) is 25.2 Å². The Labute approximate surface area is 73.8 Å². The van der Waals surface area contributed by atoms with Crippen LogP contribution in [-0.2, 0) is 4.79 Å². The van der Waals surface area contributed by atoms with Gasteiger partial charge in [0.05, 0.1) is 0 Å². The molecule has 0 aromatic carbocycles. The van der Waals surface area contributed by atoms with Crippen LogP contribution in [0.15, 0.2) is 12.2 Å². The molecule has 12 heavy (non-hydrogen) atoms. The van der Waals surface area contributed by atoms with Crippen molar-refractivity contribution in [1.82, 2.24) is 0 Å². The Morgan fingerprint density at radius 2 is 2.00 bits per heavy atom. The summed E-state index contributed by atoms with van der Waals surface area (Å²) in [6.45, 7) is 0. The first-order valence-electron chi connectivity index (χ1n) is 5.05. The molecule has 0 saturated heterocycles. The van der Waals surface area contributed by atoms with Crippen LogP contribution in [0.1, 0.15) is 38.5 Å². The van der Waals surface area contributed by atoms with Crippen molar-refractivity contribution in [3.63, 3.8) is 0 Å². The molecule has 2 aliphatic rings. The van der Waals surface area contributed by atoms with Gasteiger partial charge in [0.1, 0.15) is 5.78 Å². The first-order chi connectivity index (χ1) is 5.88. The van der Waals surface area contributed by atoms with Crippen LogP contribution < -0.4 is 0 Å². The summed E-state index contributed by atoms with van der Waals surface area (Å²) in [7, 11) is 0. The van der Waals surface area contributed by atoms with E-state index >= 15 is 0 Å². The van der Waals surface area contributed by atoms with Crippen LogP contribution in [0.4, 0.5) is 0 Å². The van der Waals surface area contributed by atoms with Crippen molar-refractivity contribution in [2.45, 2.75) is 38.5 Å². The van der Waals surface area contributed by atoms with Gasteiger partial charge in [-0.3, -0.25) is 4.79 Å². The van der Waals surface area contributed by atoms with Crippen LogP contribution in [0, 0.1) is 11.8 Å². The molecule has 0 unspecified atom stereocenters. The third-order valence-electron chi connectivity index (χ3n) is 3.25. The largest absolute Gasteiger partial charge is 0.299 e. The smallest absolute Gasteiger partial charge is 0.140 e. The van der Waals surface area contributed by atoms with E-state index in [-0.39, 0.29) is 0 Å². The molecule has 1 heteroatoms. The normalized spacial score (nSPS) is 35.8. The predicted molar refractivity (Wildman–Crippen MR) is 48.8 cm³/mol. The average molecular weight is 164 g/mol. The molecule has 1 saturated carbocycles. The van der Waals surface area contributed by atoms with Gasteiger partial charge in [-0.15, -0.1) is 0 Å². The summed E-state index contributed by atoms with van der Waals surface area (Å²) in [4.78, 5) is 11.6. The second-order valence-corrected chi connectivity index (χ2v) is 4.03. The second-order valence-electron chi connectivity index (χ2n) is 4.03. The number of Topliss-reactive ketones (excluding diaryl/α,β-unsaturated/α-hetero) is 1. The van der Waals surface area contributed by atoms with E-state index in [1.165, 1.54) is 19.3 Å². The molecule has 1 nitrogen and oxygen atoms in total. The van der Waals surface area contributed by atoms with Crippen molar-refractivity contribution in [3.8, 4) is 0 Å². The fourth-order valence-electron chi connectivity index (χ4n) is 2.54. The summed E-state index contributed by atoms with van der Waals surface area (Å²) >= 11 is 0. The molecule has 0 N–H and O–H groups in total. The number of carbonyl (C=O) groups is 1. The zero-order valence-electron chi connectivity index (χ0n) is 7.46. The van der Waals surface area contributed by atoms with Crippen LogP contribution in [0.25, 0.3) is 0 Å². The number of hydrogen-bond acceptors (Lipinski definition) is 1. The van der Waals surface area contributed by atoms with Crippen LogP contribution in [0.2, 0.25) is 0 Å². The van der Waals surface area contributed by atoms with Gasteiger partial charge in [-0.25, -0.2) is 0 Å². The van der Waals surface area contributed by atoms with Gasteiger partial charge >= 0.3 is 0 Å². The molecule has 0 aromatic rings. The van der Waals surface area contributed by atoms with Gasteiger partial charge in [0, 0.05) is 12.3 Å². The SMILES string of the molecule is O=C1CC=CC[C@H]2CCCC[C@H]12. The van der Waals surface area contributed by atoms with Crippen molar-refractivity contribution in [2.75, 3.05) is 0 Å². The van der Waals surface area contributed by atoms with Crippen molar-refractivity contribution in [3.05, 3.63) is 12.2 Å². The van der Waals surface area contributed by atoms with Gasteiger partial charge in [0.15, 0.2) is 0 Å². The lowest BCUT2D eigenvalue weighted by Crippen LogP contribution is -2.25. The molecular formula is C11H16O. The van der Waals surface area contributed by atoms with Crippen molar-refractivity contribution in [2.24, 2.45) is 11.8 Å². The molecule has 2 aliphatic carbocycles. The molecule has 0 aromatic heterocycles. The van der Waals surface area contributed by atoms with Gasteiger partial charge in [-0.1, -0.05) is 25.0 Å². The number of carbonyl (C=O) groups excluding carboxylic acids is 1. The van der Waals surface area contributed by atoms with E-state index in [0.717, 1.165) is 12.8 Å². The zero-order valence-corrected chi connectivity index (χ0v) is 7.46. The van der Waals surface area contributed by atoms with E-state index in [9.17, 15) is 4.79 Å². The molecule has 66 valence electrons. The van der Waals surface area contributed by atoms with Gasteiger partial charge in [-0.2, -0.15) is 0 Å². The lowest BCUT2D eigenvalue weighted by Gasteiger charge is -2.28. The van der Waals surface area contributed by atoms with Crippen LogP contribution in [-0.4, -0.2) is 5.78 Å². The second kappa shape index (κ2) is 3.42. The van der Waals surface area contributed by atoms with Crippen molar-refractivity contribution >= 4 is 5.78 Å². The number of fused-ring (bicyclic) bond motifs is 1. The third kappa shape index (κ3) is 1.45. The minimum atomic E-state index is 0.411. The molecule has 0 aliphatic heterocycles. The predicted octanol–water partition coefficient (Wildman–Crippen LogP) is 2.71. The Morgan fingerprint density at radius 3 is 2.92 bits per heavy atom. The van der Waals surface area contributed by atoms with Crippen LogP contribution >= 0.6 is 0 Å². The van der Waals surface area contributed by atoms with E-state index in [1.54, 1.807) is 0 Å². The Balaban J connectivity index is 2.11. The number of rotatable bonds is 0. The van der Waals surface area contributed by atoms with E-state index in [2.05, 4.69) is 12.2 Å². The van der Waals surface area contributed by atoms with E-state index in [4.69, 9.17) is 0 Å². The molecule has 0 radical (unpaired) electrons. The Morgan fingerprint density at radius 1 is 1.17 bits per heavy atom. The highest BCUT2D eigenvalue weighted by atomic mass is 16.1. The van der Waals surface area contributed by atoms with Gasteiger partial charge < -0.3 is 0 Å². The summed E-state index contributed by atoms with van der Waals surface area (Å²) in [5.74, 6) is 1.59. The van der Waals surface area contributed by atoms with Gasteiger partial charge in [0.2, 0.25) is 0 Å². The Hall–Kier alpha value is -0.590. The number of ketones is 1. The van der Waals surface area contributed by atoms with E-state index in [0.29, 0.717) is 24.0 Å². The maximum atomic E-state index is 11.6. The minimum Gasteiger partial charge on any atom is -0.299 e. The summed E-state index contributed by atoms with van der Waals surface area (Å²) in [6.07, 6.45) is 11.1. The Bertz CT molecular complexity index is 205. The Kier molecular flexibility index (Phi) is 2.29. The van der Waals surface area contributed by atoms with Gasteiger partial charge in [0.25, 0.3) is 0 Å². The quantitative estimate of drug-likeness (QED) is 0.503. The molecular weight excluding hydrogens is 148 g/mol. The fraction of sp³-hybridized carbons (Fsp3) is 0.727. The molecule has 2 atom stereocenters. The van der Waals surface area contributed by atoms with Crippen LogP contribution in [0.5, 0.6) is 0 Å². The molecule has 1 fully saturated rings. The number of hydrogen-bond donors (Lipinski definition) is 0. The summed E-state index contributed by atoms with van der Waals surface area (Å²) in [5, 5.41) is 0. The minimum absolute atomic E-state index is 0.411. The molecule has 0 bridgehead atoms. The summed E-state index contributed by atoms with van der Waals surface area (Å²) in [6, 6.07) is 0. The standard InChI is InChI=1S/C11H16O/c12-11-8-4-2-6-9-5-1-3-7-10(9)11/h2,4,9-10H,1,3,5-8H2/t9-,10+/m1/s1. The first-order valence-corrected chi connectivity index (χ1v) is 5.05. The van der Waals surface area contributed by atoms with Crippen molar-refractivity contribution in [1.29, 1.82) is 0 Å². The fourth-order valence-corrected chi connectivity index (χ4v) is 2.54. The summed E-state index contributed by atoms with van der Waals surface area (Å²) in [5.41, 5.74) is 0. The van der Waals surface area contributed by atoms with E-state index in [1.807, 2.05) is 0 Å². The first kappa shape index (κ1) is 8.03.